The van der Waals surface area contributed by atoms with Gasteiger partial charge < -0.3 is 29.6 Å². The third-order valence-corrected chi connectivity index (χ3v) is 3.83. The smallest absolute Gasteiger partial charge is 0.241 e. The Balaban J connectivity index is 1.63. The minimum absolute atomic E-state index is 0.0622. The molecule has 0 spiro atoms. The summed E-state index contributed by atoms with van der Waals surface area (Å²) in [6, 6.07) is 0. The van der Waals surface area contributed by atoms with Crippen molar-refractivity contribution in [1.29, 1.82) is 0 Å². The van der Waals surface area contributed by atoms with Gasteiger partial charge in [0.15, 0.2) is 5.79 Å². The van der Waals surface area contributed by atoms with E-state index in [0.29, 0.717) is 19.0 Å². The molecule has 0 saturated carbocycles. The van der Waals surface area contributed by atoms with E-state index >= 15 is 0 Å². The standard InChI is InChI=1S/C15H22N4O4/c1-15(2)22-10(11(7-20)23-15)6-16-4-9-5-17-13-12(9)18-8-19-14(13)21-3/h5,8,10-11,16-17,20H,4,6-7H2,1-3H3. The van der Waals surface area contributed by atoms with Crippen LogP contribution in [0.15, 0.2) is 12.5 Å². The topological polar surface area (TPSA) is 102 Å². The molecule has 3 heterocycles. The highest BCUT2D eigenvalue weighted by Gasteiger charge is 2.40. The third kappa shape index (κ3) is 3.30. The summed E-state index contributed by atoms with van der Waals surface area (Å²) in [5.41, 5.74) is 2.62. The summed E-state index contributed by atoms with van der Waals surface area (Å²) in [5.74, 6) is -0.142. The highest BCUT2D eigenvalue weighted by Crippen LogP contribution is 2.28. The Hall–Kier alpha value is -1.74. The Morgan fingerprint density at radius 3 is 2.87 bits per heavy atom. The molecule has 2 aromatic rings. The number of H-pyrrole nitrogens is 1. The van der Waals surface area contributed by atoms with E-state index < -0.39 is 5.79 Å². The van der Waals surface area contributed by atoms with Crippen LogP contribution in [0.2, 0.25) is 0 Å². The van der Waals surface area contributed by atoms with Crippen molar-refractivity contribution in [3.05, 3.63) is 18.1 Å². The van der Waals surface area contributed by atoms with Gasteiger partial charge in [0.25, 0.3) is 0 Å². The van der Waals surface area contributed by atoms with Crippen LogP contribution >= 0.6 is 0 Å². The Morgan fingerprint density at radius 2 is 2.13 bits per heavy atom. The van der Waals surface area contributed by atoms with E-state index in [2.05, 4.69) is 20.3 Å². The molecule has 3 rings (SSSR count). The predicted molar refractivity (Wildman–Crippen MR) is 83.1 cm³/mol. The average Bonchev–Trinajstić information content (AvgIpc) is 3.07. The second kappa shape index (κ2) is 6.40. The molecule has 0 amide bonds. The van der Waals surface area contributed by atoms with Gasteiger partial charge in [0.1, 0.15) is 24.1 Å². The van der Waals surface area contributed by atoms with Gasteiger partial charge in [-0.15, -0.1) is 0 Å². The van der Waals surface area contributed by atoms with Gasteiger partial charge in [-0.2, -0.15) is 4.98 Å². The van der Waals surface area contributed by atoms with Crippen molar-refractivity contribution in [2.75, 3.05) is 20.3 Å². The first kappa shape index (κ1) is 16.1. The molecule has 1 aliphatic rings. The molecule has 8 heteroatoms. The van der Waals surface area contributed by atoms with Crippen molar-refractivity contribution in [2.24, 2.45) is 0 Å². The Kier molecular flexibility index (Phi) is 4.49. The number of aliphatic hydroxyl groups is 1. The van der Waals surface area contributed by atoms with Gasteiger partial charge in [0.05, 0.1) is 19.2 Å². The zero-order chi connectivity index (χ0) is 16.4. The average molecular weight is 322 g/mol. The second-order valence-corrected chi connectivity index (χ2v) is 5.95. The van der Waals surface area contributed by atoms with E-state index in [4.69, 9.17) is 14.2 Å². The second-order valence-electron chi connectivity index (χ2n) is 5.95. The number of aromatic amines is 1. The number of aliphatic hydroxyl groups excluding tert-OH is 1. The SMILES string of the molecule is COc1ncnc2c(CNCC3OC(C)(C)OC3CO)c[nH]c12. The molecule has 2 aromatic heterocycles. The minimum Gasteiger partial charge on any atom is -0.479 e. The highest BCUT2D eigenvalue weighted by molar-refractivity contribution is 5.82. The Labute approximate surface area is 134 Å². The molecular formula is C15H22N4O4. The number of ether oxygens (including phenoxy) is 3. The lowest BCUT2D eigenvalue weighted by Gasteiger charge is -2.17. The van der Waals surface area contributed by atoms with Gasteiger partial charge in [-0.1, -0.05) is 0 Å². The maximum absolute atomic E-state index is 9.38. The number of hydrogen-bond acceptors (Lipinski definition) is 7. The lowest BCUT2D eigenvalue weighted by atomic mass is 10.2. The summed E-state index contributed by atoms with van der Waals surface area (Å²) in [7, 11) is 1.58. The molecule has 8 nitrogen and oxygen atoms in total. The number of aromatic nitrogens is 3. The monoisotopic (exact) mass is 322 g/mol. The Morgan fingerprint density at radius 1 is 1.35 bits per heavy atom. The van der Waals surface area contributed by atoms with Gasteiger partial charge in [-0.25, -0.2) is 4.98 Å². The lowest BCUT2D eigenvalue weighted by Crippen LogP contribution is -2.36. The summed E-state index contributed by atoms with van der Waals surface area (Å²) < 4.78 is 16.7. The molecule has 126 valence electrons. The molecular weight excluding hydrogens is 300 g/mol. The molecule has 1 fully saturated rings. The quantitative estimate of drug-likeness (QED) is 0.714. The first-order chi connectivity index (χ1) is 11.0. The molecule has 1 saturated heterocycles. The number of nitrogens with zero attached hydrogens (tertiary/aromatic N) is 2. The summed E-state index contributed by atoms with van der Waals surface area (Å²) in [5, 5.41) is 12.7. The van der Waals surface area contributed by atoms with Crippen molar-refractivity contribution in [3.8, 4) is 5.88 Å². The molecule has 2 atom stereocenters. The molecule has 0 aromatic carbocycles. The van der Waals surface area contributed by atoms with Gasteiger partial charge in [-0.05, 0) is 13.8 Å². The largest absolute Gasteiger partial charge is 0.479 e. The maximum atomic E-state index is 9.38. The van der Waals surface area contributed by atoms with E-state index in [-0.39, 0.29) is 18.8 Å². The number of fused-ring (bicyclic) bond motifs is 1. The zero-order valence-electron chi connectivity index (χ0n) is 13.5. The molecule has 0 radical (unpaired) electrons. The summed E-state index contributed by atoms with van der Waals surface area (Å²) in [6.45, 7) is 4.81. The van der Waals surface area contributed by atoms with Crippen molar-refractivity contribution in [1.82, 2.24) is 20.3 Å². The molecule has 0 aliphatic carbocycles. The van der Waals surface area contributed by atoms with E-state index in [1.165, 1.54) is 6.33 Å². The zero-order valence-corrected chi connectivity index (χ0v) is 13.5. The van der Waals surface area contributed by atoms with Crippen LogP contribution < -0.4 is 10.1 Å². The van der Waals surface area contributed by atoms with E-state index in [0.717, 1.165) is 16.6 Å². The lowest BCUT2D eigenvalue weighted by molar-refractivity contribution is -0.148. The molecule has 2 unspecified atom stereocenters. The van der Waals surface area contributed by atoms with Crippen molar-refractivity contribution in [2.45, 2.75) is 38.4 Å². The first-order valence-electron chi connectivity index (χ1n) is 7.56. The first-order valence-corrected chi connectivity index (χ1v) is 7.56. The van der Waals surface area contributed by atoms with Crippen molar-refractivity contribution in [3.63, 3.8) is 0 Å². The van der Waals surface area contributed by atoms with Gasteiger partial charge in [0.2, 0.25) is 5.88 Å². The van der Waals surface area contributed by atoms with E-state index in [1.807, 2.05) is 20.0 Å². The van der Waals surface area contributed by atoms with Crippen LogP contribution in [-0.4, -0.2) is 58.3 Å². The number of hydrogen-bond donors (Lipinski definition) is 3. The number of rotatable bonds is 6. The fraction of sp³-hybridized carbons (Fsp3) is 0.600. The van der Waals surface area contributed by atoms with Gasteiger partial charge in [-0.3, -0.25) is 0 Å². The maximum Gasteiger partial charge on any atom is 0.241 e. The summed E-state index contributed by atoms with van der Waals surface area (Å²) >= 11 is 0. The molecule has 0 bridgehead atoms. The van der Waals surface area contributed by atoms with Gasteiger partial charge >= 0.3 is 0 Å². The van der Waals surface area contributed by atoms with Crippen LogP contribution in [0, 0.1) is 0 Å². The van der Waals surface area contributed by atoms with Crippen LogP contribution in [-0.2, 0) is 16.0 Å². The molecule has 3 N–H and O–H groups in total. The van der Waals surface area contributed by atoms with Crippen LogP contribution in [0.4, 0.5) is 0 Å². The molecule has 23 heavy (non-hydrogen) atoms. The fourth-order valence-corrected chi connectivity index (χ4v) is 2.85. The summed E-state index contributed by atoms with van der Waals surface area (Å²) in [4.78, 5) is 11.5. The van der Waals surface area contributed by atoms with E-state index in [1.54, 1.807) is 7.11 Å². The third-order valence-electron chi connectivity index (χ3n) is 3.83. The van der Waals surface area contributed by atoms with Crippen molar-refractivity contribution >= 4 is 11.0 Å². The fourth-order valence-electron chi connectivity index (χ4n) is 2.85. The van der Waals surface area contributed by atoms with Crippen LogP contribution in [0.3, 0.4) is 0 Å². The predicted octanol–water partition coefficient (Wildman–Crippen LogP) is 0.568. The minimum atomic E-state index is -0.666. The highest BCUT2D eigenvalue weighted by atomic mass is 16.8. The molecule has 1 aliphatic heterocycles. The normalized spacial score (nSPS) is 23.5. The number of methoxy groups -OCH3 is 1. The number of nitrogens with one attached hydrogen (secondary N) is 2. The van der Waals surface area contributed by atoms with E-state index in [9.17, 15) is 5.11 Å². The van der Waals surface area contributed by atoms with Gasteiger partial charge in [0, 0.05) is 24.8 Å². The van der Waals surface area contributed by atoms with Crippen LogP contribution in [0.5, 0.6) is 5.88 Å². The van der Waals surface area contributed by atoms with Crippen molar-refractivity contribution < 1.29 is 19.3 Å². The Bertz CT molecular complexity index is 673. The van der Waals surface area contributed by atoms with Crippen LogP contribution in [0.1, 0.15) is 19.4 Å². The summed E-state index contributed by atoms with van der Waals surface area (Å²) in [6.07, 6.45) is 2.86. The van der Waals surface area contributed by atoms with Crippen LogP contribution in [0.25, 0.3) is 11.0 Å².